The maximum absolute atomic E-state index is 12.6. The molecule has 106 valence electrons. The predicted octanol–water partition coefficient (Wildman–Crippen LogP) is 1.72. The molecule has 1 fully saturated rings. The van der Waals surface area contributed by atoms with Crippen molar-refractivity contribution in [3.8, 4) is 0 Å². The molecule has 0 saturated carbocycles. The summed E-state index contributed by atoms with van der Waals surface area (Å²) in [7, 11) is 1.67. The van der Waals surface area contributed by atoms with E-state index >= 15 is 0 Å². The van der Waals surface area contributed by atoms with Gasteiger partial charge < -0.3 is 15.0 Å². The quantitative estimate of drug-likeness (QED) is 0.864. The fourth-order valence-corrected chi connectivity index (χ4v) is 3.14. The molecule has 19 heavy (non-hydrogen) atoms. The molecule has 4 nitrogen and oxygen atoms in total. The van der Waals surface area contributed by atoms with Crippen molar-refractivity contribution in [2.45, 2.75) is 25.9 Å². The summed E-state index contributed by atoms with van der Waals surface area (Å²) in [5.41, 5.74) is 0. The van der Waals surface area contributed by atoms with Gasteiger partial charge in [-0.15, -0.1) is 11.3 Å². The van der Waals surface area contributed by atoms with Gasteiger partial charge in [-0.1, -0.05) is 13.0 Å². The molecule has 0 spiro atoms. The summed E-state index contributed by atoms with van der Waals surface area (Å²) < 4.78 is 5.12. The molecule has 0 aliphatic carbocycles. The topological polar surface area (TPSA) is 41.6 Å². The number of carbonyl (C=O) groups is 1. The highest BCUT2D eigenvalue weighted by molar-refractivity contribution is 7.09. The summed E-state index contributed by atoms with van der Waals surface area (Å²) in [5.74, 6) is 0.622. The lowest BCUT2D eigenvalue weighted by atomic mass is 10.0. The summed E-state index contributed by atoms with van der Waals surface area (Å²) in [6.07, 6.45) is 1.08. The Bertz CT molecular complexity index is 394. The van der Waals surface area contributed by atoms with E-state index in [0.29, 0.717) is 25.6 Å². The van der Waals surface area contributed by atoms with Crippen molar-refractivity contribution in [1.82, 2.24) is 10.2 Å². The molecule has 1 N–H and O–H groups in total. The maximum Gasteiger partial charge on any atom is 0.240 e. The number of thiophene rings is 1. The van der Waals surface area contributed by atoms with Crippen molar-refractivity contribution < 1.29 is 9.53 Å². The molecule has 5 heteroatoms. The molecule has 1 aromatic rings. The van der Waals surface area contributed by atoms with Crippen LogP contribution in [0.5, 0.6) is 0 Å². The van der Waals surface area contributed by atoms with E-state index in [-0.39, 0.29) is 11.9 Å². The number of ether oxygens (including phenoxy) is 1. The van der Waals surface area contributed by atoms with Crippen molar-refractivity contribution >= 4 is 17.2 Å². The Morgan fingerprint density at radius 1 is 1.63 bits per heavy atom. The number of methoxy groups -OCH3 is 1. The van der Waals surface area contributed by atoms with E-state index in [2.05, 4.69) is 18.3 Å². The minimum absolute atomic E-state index is 0.0307. The standard InChI is InChI=1S/C14H22N2O2S/c1-11-5-6-15-13(11)14(17)16(7-8-18-2)10-12-4-3-9-19-12/h3-4,9,11,13,15H,5-8,10H2,1-2H3. The largest absolute Gasteiger partial charge is 0.383 e. The van der Waals surface area contributed by atoms with E-state index in [1.807, 2.05) is 16.3 Å². The number of rotatable bonds is 6. The van der Waals surface area contributed by atoms with Crippen LogP contribution in [-0.4, -0.2) is 43.7 Å². The number of carbonyl (C=O) groups excluding carboxylic acids is 1. The zero-order valence-electron chi connectivity index (χ0n) is 11.6. The summed E-state index contributed by atoms with van der Waals surface area (Å²) in [6.45, 7) is 5.00. The molecule has 0 bridgehead atoms. The first-order chi connectivity index (χ1) is 9.22. The Hall–Kier alpha value is -0.910. The summed E-state index contributed by atoms with van der Waals surface area (Å²) >= 11 is 1.69. The van der Waals surface area contributed by atoms with Gasteiger partial charge in [-0.3, -0.25) is 4.79 Å². The molecule has 2 rings (SSSR count). The number of hydrogen-bond donors (Lipinski definition) is 1. The molecular formula is C14H22N2O2S. The van der Waals surface area contributed by atoms with E-state index in [9.17, 15) is 4.79 Å². The Morgan fingerprint density at radius 3 is 3.05 bits per heavy atom. The molecule has 1 aromatic heterocycles. The highest BCUT2D eigenvalue weighted by Gasteiger charge is 2.32. The fourth-order valence-electron chi connectivity index (χ4n) is 2.42. The van der Waals surface area contributed by atoms with E-state index in [1.54, 1.807) is 18.4 Å². The van der Waals surface area contributed by atoms with Crippen LogP contribution in [-0.2, 0) is 16.1 Å². The monoisotopic (exact) mass is 282 g/mol. The fraction of sp³-hybridized carbons (Fsp3) is 0.643. The molecule has 0 radical (unpaired) electrons. The minimum atomic E-state index is -0.0307. The Kier molecular flexibility index (Phi) is 5.36. The zero-order chi connectivity index (χ0) is 13.7. The van der Waals surface area contributed by atoms with Crippen LogP contribution in [0.3, 0.4) is 0 Å². The van der Waals surface area contributed by atoms with E-state index in [0.717, 1.165) is 13.0 Å². The van der Waals surface area contributed by atoms with Crippen LogP contribution in [0.25, 0.3) is 0 Å². The van der Waals surface area contributed by atoms with Gasteiger partial charge in [0, 0.05) is 18.5 Å². The number of hydrogen-bond acceptors (Lipinski definition) is 4. The van der Waals surface area contributed by atoms with Gasteiger partial charge in [-0.05, 0) is 30.3 Å². The summed E-state index contributed by atoms with van der Waals surface area (Å²) in [4.78, 5) is 15.7. The lowest BCUT2D eigenvalue weighted by molar-refractivity contribution is -0.135. The molecular weight excluding hydrogens is 260 g/mol. The number of amides is 1. The number of nitrogens with one attached hydrogen (secondary N) is 1. The van der Waals surface area contributed by atoms with Crippen molar-refractivity contribution in [3.63, 3.8) is 0 Å². The van der Waals surface area contributed by atoms with Gasteiger partial charge in [0.15, 0.2) is 0 Å². The molecule has 2 unspecified atom stereocenters. The second-order valence-corrected chi connectivity index (χ2v) is 6.06. The third-order valence-electron chi connectivity index (χ3n) is 3.60. The normalized spacial score (nSPS) is 22.6. The van der Waals surface area contributed by atoms with Crippen LogP contribution < -0.4 is 5.32 Å². The maximum atomic E-state index is 12.6. The molecule has 1 amide bonds. The Morgan fingerprint density at radius 2 is 2.47 bits per heavy atom. The average Bonchev–Trinajstić information content (AvgIpc) is 3.05. The lowest BCUT2D eigenvalue weighted by Crippen LogP contribution is -2.46. The van der Waals surface area contributed by atoms with Crippen molar-refractivity contribution in [2.24, 2.45) is 5.92 Å². The predicted molar refractivity (Wildman–Crippen MR) is 77.2 cm³/mol. The van der Waals surface area contributed by atoms with E-state index < -0.39 is 0 Å². The Labute approximate surface area is 118 Å². The highest BCUT2D eigenvalue weighted by atomic mass is 32.1. The lowest BCUT2D eigenvalue weighted by Gasteiger charge is -2.26. The van der Waals surface area contributed by atoms with Crippen LogP contribution >= 0.6 is 11.3 Å². The summed E-state index contributed by atoms with van der Waals surface area (Å²) in [6, 6.07) is 4.07. The minimum Gasteiger partial charge on any atom is -0.383 e. The van der Waals surface area contributed by atoms with Crippen LogP contribution in [0.4, 0.5) is 0 Å². The molecule has 2 atom stereocenters. The first-order valence-corrected chi connectivity index (χ1v) is 7.64. The van der Waals surface area contributed by atoms with Gasteiger partial charge in [0.05, 0.1) is 19.2 Å². The molecule has 1 aliphatic heterocycles. The van der Waals surface area contributed by atoms with Crippen LogP contribution in [0, 0.1) is 5.92 Å². The van der Waals surface area contributed by atoms with Gasteiger partial charge in [-0.25, -0.2) is 0 Å². The summed E-state index contributed by atoms with van der Waals surface area (Å²) in [5, 5.41) is 5.36. The second-order valence-electron chi connectivity index (χ2n) is 5.03. The van der Waals surface area contributed by atoms with Gasteiger partial charge in [0.2, 0.25) is 5.91 Å². The van der Waals surface area contributed by atoms with Crippen molar-refractivity contribution in [3.05, 3.63) is 22.4 Å². The van der Waals surface area contributed by atoms with Gasteiger partial charge in [0.1, 0.15) is 0 Å². The third kappa shape index (κ3) is 3.78. The third-order valence-corrected chi connectivity index (χ3v) is 4.46. The molecule has 2 heterocycles. The molecule has 1 aliphatic rings. The van der Waals surface area contributed by atoms with E-state index in [4.69, 9.17) is 4.74 Å². The van der Waals surface area contributed by atoms with Crippen molar-refractivity contribution in [2.75, 3.05) is 26.8 Å². The first-order valence-electron chi connectivity index (χ1n) is 6.76. The van der Waals surface area contributed by atoms with Crippen LogP contribution in [0.2, 0.25) is 0 Å². The SMILES string of the molecule is COCCN(Cc1cccs1)C(=O)C1NCCC1C. The molecule has 0 aromatic carbocycles. The first kappa shape index (κ1) is 14.5. The smallest absolute Gasteiger partial charge is 0.240 e. The van der Waals surface area contributed by atoms with E-state index in [1.165, 1.54) is 4.88 Å². The highest BCUT2D eigenvalue weighted by Crippen LogP contribution is 2.19. The van der Waals surface area contributed by atoms with Gasteiger partial charge in [0.25, 0.3) is 0 Å². The number of nitrogens with zero attached hydrogens (tertiary/aromatic N) is 1. The van der Waals surface area contributed by atoms with Crippen LogP contribution in [0.1, 0.15) is 18.2 Å². The Balaban J connectivity index is 2.01. The van der Waals surface area contributed by atoms with Gasteiger partial charge in [-0.2, -0.15) is 0 Å². The van der Waals surface area contributed by atoms with Gasteiger partial charge >= 0.3 is 0 Å². The molecule has 1 saturated heterocycles. The van der Waals surface area contributed by atoms with Crippen LogP contribution in [0.15, 0.2) is 17.5 Å². The average molecular weight is 282 g/mol. The second kappa shape index (κ2) is 7.03. The zero-order valence-corrected chi connectivity index (χ0v) is 12.4. The van der Waals surface area contributed by atoms with Crippen molar-refractivity contribution in [1.29, 1.82) is 0 Å².